The van der Waals surface area contributed by atoms with Crippen LogP contribution < -0.4 is 5.63 Å². The summed E-state index contributed by atoms with van der Waals surface area (Å²) in [6, 6.07) is 23.5. The molecule has 1 aromatic heterocycles. The van der Waals surface area contributed by atoms with Gasteiger partial charge in [-0.25, -0.2) is 9.80 Å². The van der Waals surface area contributed by atoms with Crippen molar-refractivity contribution in [1.82, 2.24) is 5.01 Å². The first-order valence-corrected chi connectivity index (χ1v) is 12.9. The molecule has 6 rings (SSSR count). The third-order valence-corrected chi connectivity index (χ3v) is 7.51. The van der Waals surface area contributed by atoms with Crippen LogP contribution in [0.2, 0.25) is 10.0 Å². The molecule has 184 valence electrons. The lowest BCUT2D eigenvalue weighted by Crippen LogP contribution is -2.34. The zero-order valence-electron chi connectivity index (χ0n) is 19.7. The smallest absolute Gasteiger partial charge is 0.349 e. The van der Waals surface area contributed by atoms with Gasteiger partial charge in [0.2, 0.25) is 0 Å². The average molecular weight is 529 g/mol. The fraction of sp³-hybridized carbons (Fsp3) is 0.167. The lowest BCUT2D eigenvalue weighted by molar-refractivity contribution is 0.0676. The van der Waals surface area contributed by atoms with Crippen LogP contribution in [0, 0.1) is 5.92 Å². The topological polar surface area (TPSA) is 62.9 Å². The molecule has 3 aromatic carbocycles. The van der Waals surface area contributed by atoms with E-state index in [-0.39, 0.29) is 17.5 Å². The maximum absolute atomic E-state index is 13.9. The van der Waals surface area contributed by atoms with Crippen LogP contribution in [0.25, 0.3) is 17.0 Å². The van der Waals surface area contributed by atoms with Crippen molar-refractivity contribution in [3.63, 3.8) is 0 Å². The summed E-state index contributed by atoms with van der Waals surface area (Å²) in [5.74, 6) is -0.489. The van der Waals surface area contributed by atoms with Crippen LogP contribution >= 0.6 is 23.2 Å². The third kappa shape index (κ3) is 4.50. The standard InChI is InChI=1S/C30H22Cl2N2O3/c31-22-12-8-18(9-13-22)16-21-5-3-6-24-27(21)33-34(28(24)19-10-14-23(32)15-11-19)29(35)25-17-20-4-1-2-7-26(20)37-30(25)36/h1-2,4,7-17,24,28H,3,5-6H2/b21-16-/t24-,28+/m0/s1. The molecule has 0 spiro atoms. The Balaban J connectivity index is 1.46. The quantitative estimate of drug-likeness (QED) is 0.258. The van der Waals surface area contributed by atoms with Crippen molar-refractivity contribution in [2.45, 2.75) is 25.3 Å². The predicted molar refractivity (Wildman–Crippen MR) is 147 cm³/mol. The predicted octanol–water partition coefficient (Wildman–Crippen LogP) is 7.54. The average Bonchev–Trinajstić information content (AvgIpc) is 3.30. The summed E-state index contributed by atoms with van der Waals surface area (Å²) < 4.78 is 5.47. The van der Waals surface area contributed by atoms with Gasteiger partial charge in [-0.05, 0) is 78.4 Å². The number of allylic oxidation sites excluding steroid dienone is 1. The third-order valence-electron chi connectivity index (χ3n) is 7.00. The Morgan fingerprint density at radius 3 is 2.43 bits per heavy atom. The van der Waals surface area contributed by atoms with E-state index in [9.17, 15) is 9.59 Å². The Bertz CT molecular complexity index is 1620. The van der Waals surface area contributed by atoms with E-state index in [1.54, 1.807) is 18.2 Å². The maximum atomic E-state index is 13.9. The minimum absolute atomic E-state index is 0.00933. The molecule has 2 aliphatic rings. The summed E-state index contributed by atoms with van der Waals surface area (Å²) >= 11 is 12.2. The van der Waals surface area contributed by atoms with E-state index in [1.165, 1.54) is 5.01 Å². The summed E-state index contributed by atoms with van der Waals surface area (Å²) in [6.07, 6.45) is 4.80. The largest absolute Gasteiger partial charge is 0.422 e. The molecule has 1 amide bonds. The zero-order chi connectivity index (χ0) is 25.5. The monoisotopic (exact) mass is 528 g/mol. The number of para-hydroxylation sites is 1. The Morgan fingerprint density at radius 1 is 0.973 bits per heavy atom. The second-order valence-electron chi connectivity index (χ2n) is 9.34. The van der Waals surface area contributed by atoms with Crippen molar-refractivity contribution in [1.29, 1.82) is 0 Å². The summed E-state index contributed by atoms with van der Waals surface area (Å²) in [4.78, 5) is 26.8. The van der Waals surface area contributed by atoms with Gasteiger partial charge in [-0.1, -0.05) is 65.7 Å². The van der Waals surface area contributed by atoms with Crippen LogP contribution in [0.5, 0.6) is 0 Å². The zero-order valence-corrected chi connectivity index (χ0v) is 21.2. The summed E-state index contributed by atoms with van der Waals surface area (Å²) in [6.45, 7) is 0. The number of carbonyl (C=O) groups is 1. The van der Waals surface area contributed by atoms with Crippen LogP contribution in [0.4, 0.5) is 0 Å². The number of amides is 1. The van der Waals surface area contributed by atoms with Gasteiger partial charge in [0.25, 0.3) is 5.91 Å². The van der Waals surface area contributed by atoms with Gasteiger partial charge >= 0.3 is 5.63 Å². The van der Waals surface area contributed by atoms with Gasteiger partial charge in [0, 0.05) is 21.3 Å². The van der Waals surface area contributed by atoms with Gasteiger partial charge in [-0.15, -0.1) is 0 Å². The number of hydrogen-bond donors (Lipinski definition) is 0. The van der Waals surface area contributed by atoms with Crippen LogP contribution in [-0.4, -0.2) is 16.6 Å². The van der Waals surface area contributed by atoms with Gasteiger partial charge in [-0.2, -0.15) is 5.10 Å². The molecule has 0 unspecified atom stereocenters. The van der Waals surface area contributed by atoms with E-state index in [0.29, 0.717) is 21.0 Å². The molecule has 2 atom stereocenters. The van der Waals surface area contributed by atoms with Crippen LogP contribution in [0.15, 0.2) is 98.7 Å². The number of carbonyl (C=O) groups excluding carboxylic acids is 1. The van der Waals surface area contributed by atoms with Crippen LogP contribution in [0.1, 0.15) is 46.8 Å². The van der Waals surface area contributed by atoms with E-state index >= 15 is 0 Å². The van der Waals surface area contributed by atoms with E-state index < -0.39 is 11.5 Å². The molecule has 37 heavy (non-hydrogen) atoms. The molecule has 0 radical (unpaired) electrons. The lowest BCUT2D eigenvalue weighted by atomic mass is 9.77. The minimum Gasteiger partial charge on any atom is -0.422 e. The fourth-order valence-electron chi connectivity index (χ4n) is 5.26. The number of fused-ring (bicyclic) bond motifs is 2. The van der Waals surface area contributed by atoms with Gasteiger partial charge in [0.05, 0.1) is 11.8 Å². The lowest BCUT2D eigenvalue weighted by Gasteiger charge is -2.29. The molecule has 0 bridgehead atoms. The Morgan fingerprint density at radius 2 is 1.68 bits per heavy atom. The van der Waals surface area contributed by atoms with Gasteiger partial charge in [-0.3, -0.25) is 4.79 Å². The first-order chi connectivity index (χ1) is 18.0. The van der Waals surface area contributed by atoms with Crippen molar-refractivity contribution in [3.05, 3.63) is 122 Å². The molecular weight excluding hydrogens is 507 g/mol. The van der Waals surface area contributed by atoms with Crippen molar-refractivity contribution in [2.24, 2.45) is 11.0 Å². The molecule has 1 fully saturated rings. The minimum atomic E-state index is -0.675. The maximum Gasteiger partial charge on any atom is 0.349 e. The number of nitrogens with zero attached hydrogens (tertiary/aromatic N) is 2. The van der Waals surface area contributed by atoms with E-state index in [2.05, 4.69) is 6.08 Å². The molecule has 2 heterocycles. The van der Waals surface area contributed by atoms with Crippen LogP contribution in [-0.2, 0) is 0 Å². The molecule has 0 saturated heterocycles. The van der Waals surface area contributed by atoms with Gasteiger partial charge < -0.3 is 4.42 Å². The normalized spacial score (nSPS) is 20.2. The highest BCUT2D eigenvalue weighted by atomic mass is 35.5. The Hall–Kier alpha value is -3.67. The van der Waals surface area contributed by atoms with Crippen LogP contribution in [0.3, 0.4) is 0 Å². The summed E-state index contributed by atoms with van der Waals surface area (Å²) in [5.41, 5.74) is 3.62. The van der Waals surface area contributed by atoms with Crippen molar-refractivity contribution in [2.75, 3.05) is 0 Å². The SMILES string of the molecule is O=C(c1cc2ccccc2oc1=O)N1N=C2/C(=C\c3ccc(Cl)cc3)CCC[C@@H]2[C@H]1c1ccc(Cl)cc1. The van der Waals surface area contributed by atoms with Crippen molar-refractivity contribution < 1.29 is 9.21 Å². The van der Waals surface area contributed by atoms with E-state index in [4.69, 9.17) is 32.7 Å². The first kappa shape index (κ1) is 23.7. The highest BCUT2D eigenvalue weighted by Gasteiger charge is 2.44. The van der Waals surface area contributed by atoms with Crippen molar-refractivity contribution in [3.8, 4) is 0 Å². The molecule has 4 aromatic rings. The number of rotatable bonds is 3. The van der Waals surface area contributed by atoms with Gasteiger partial charge in [0.15, 0.2) is 0 Å². The molecule has 1 aliphatic carbocycles. The number of hydrazone groups is 1. The fourth-order valence-corrected chi connectivity index (χ4v) is 5.51. The molecule has 0 N–H and O–H groups in total. The molecular formula is C30H22Cl2N2O3. The first-order valence-electron chi connectivity index (χ1n) is 12.1. The molecule has 1 aliphatic heterocycles. The molecule has 7 heteroatoms. The number of halogens is 2. The van der Waals surface area contributed by atoms with Crippen molar-refractivity contribution >= 4 is 51.9 Å². The Kier molecular flexibility index (Phi) is 6.19. The molecule has 1 saturated carbocycles. The summed E-state index contributed by atoms with van der Waals surface area (Å²) in [7, 11) is 0. The number of hydrogen-bond acceptors (Lipinski definition) is 4. The second kappa shape index (κ2) is 9.66. The van der Waals surface area contributed by atoms with Gasteiger partial charge in [0.1, 0.15) is 11.1 Å². The second-order valence-corrected chi connectivity index (χ2v) is 10.2. The summed E-state index contributed by atoms with van der Waals surface area (Å²) in [5, 5.41) is 8.31. The van der Waals surface area contributed by atoms with E-state index in [0.717, 1.165) is 41.7 Å². The number of benzene rings is 3. The highest BCUT2D eigenvalue weighted by Crippen LogP contribution is 2.45. The van der Waals surface area contributed by atoms with E-state index in [1.807, 2.05) is 60.7 Å². The molecule has 5 nitrogen and oxygen atoms in total. The highest BCUT2D eigenvalue weighted by molar-refractivity contribution is 6.30. The Labute approximate surface area is 223 Å².